The molecule has 7 nitrogen and oxygen atoms in total. The molecule has 0 radical (unpaired) electrons. The van der Waals surface area contributed by atoms with Crippen LogP contribution in [0.2, 0.25) is 0 Å². The lowest BCUT2D eigenvalue weighted by atomic mass is 9.91. The number of amides is 2. The normalized spacial score (nSPS) is 14.4. The van der Waals surface area contributed by atoms with E-state index in [2.05, 4.69) is 0 Å². The second-order valence-electron chi connectivity index (χ2n) is 10.2. The van der Waals surface area contributed by atoms with Crippen LogP contribution in [0.4, 0.5) is 4.79 Å². The number of nitrogens with zero attached hydrogens (tertiary/aromatic N) is 1. The number of nitrogens with two attached hydrogens (primary N) is 1. The van der Waals surface area contributed by atoms with Crippen molar-refractivity contribution in [1.29, 1.82) is 0 Å². The molecule has 1 atom stereocenters. The number of carbonyl (C=O) groups is 1. The van der Waals surface area contributed by atoms with E-state index >= 15 is 0 Å². The van der Waals surface area contributed by atoms with Crippen molar-refractivity contribution < 1.29 is 23.7 Å². The van der Waals surface area contributed by atoms with Gasteiger partial charge in [0.2, 0.25) is 0 Å². The van der Waals surface area contributed by atoms with E-state index < -0.39 is 6.03 Å². The molecule has 42 heavy (non-hydrogen) atoms. The first-order valence-corrected chi connectivity index (χ1v) is 13.9. The van der Waals surface area contributed by atoms with Gasteiger partial charge in [-0.25, -0.2) is 4.79 Å². The van der Waals surface area contributed by atoms with Crippen LogP contribution in [0.3, 0.4) is 0 Å². The van der Waals surface area contributed by atoms with E-state index in [0.717, 1.165) is 33.4 Å². The number of urea groups is 1. The summed E-state index contributed by atoms with van der Waals surface area (Å²) in [5.41, 5.74) is 12.0. The second-order valence-corrected chi connectivity index (χ2v) is 10.2. The van der Waals surface area contributed by atoms with Gasteiger partial charge >= 0.3 is 6.03 Å². The molecule has 1 unspecified atom stereocenters. The predicted octanol–water partition coefficient (Wildman–Crippen LogP) is 6.86. The Balaban J connectivity index is 1.44. The summed E-state index contributed by atoms with van der Waals surface area (Å²) in [6.07, 6.45) is 4.67. The van der Waals surface area contributed by atoms with E-state index in [1.807, 2.05) is 104 Å². The average Bonchev–Trinajstić information content (AvgIpc) is 3.02. The number of carbonyl (C=O) groups excluding carboxylic acids is 1. The highest BCUT2D eigenvalue weighted by Crippen LogP contribution is 2.40. The molecule has 2 N–H and O–H groups in total. The maximum atomic E-state index is 12.5. The lowest BCUT2D eigenvalue weighted by molar-refractivity contribution is 0.191. The fraction of sp³-hybridized carbons (Fsp3) is 0.229. The van der Waals surface area contributed by atoms with Crippen molar-refractivity contribution in [3.05, 3.63) is 124 Å². The van der Waals surface area contributed by atoms with Gasteiger partial charge in [-0.05, 0) is 71.0 Å². The Hall–Kier alpha value is -4.91. The molecule has 1 aliphatic heterocycles. The Morgan fingerprint density at radius 1 is 0.833 bits per heavy atom. The summed E-state index contributed by atoms with van der Waals surface area (Å²) in [6.45, 7) is 3.36. The number of methoxy groups -OCH3 is 2. The van der Waals surface area contributed by atoms with Crippen molar-refractivity contribution in [1.82, 2.24) is 4.90 Å². The zero-order valence-electron chi connectivity index (χ0n) is 24.2. The van der Waals surface area contributed by atoms with Gasteiger partial charge in [-0.3, -0.25) is 0 Å². The van der Waals surface area contributed by atoms with Gasteiger partial charge in [-0.1, -0.05) is 72.8 Å². The van der Waals surface area contributed by atoms with Gasteiger partial charge in [-0.15, -0.1) is 0 Å². The third-order valence-corrected chi connectivity index (χ3v) is 7.47. The number of hydrogen-bond acceptors (Lipinski definition) is 5. The number of hydrogen-bond donors (Lipinski definition) is 1. The molecule has 1 heterocycles. The minimum absolute atomic E-state index is 0.376. The van der Waals surface area contributed by atoms with Gasteiger partial charge in [0, 0.05) is 6.54 Å². The maximum Gasteiger partial charge on any atom is 0.315 e. The first-order chi connectivity index (χ1) is 20.5. The molecule has 7 heteroatoms. The van der Waals surface area contributed by atoms with Crippen LogP contribution in [-0.4, -0.2) is 31.7 Å². The number of primary amides is 1. The van der Waals surface area contributed by atoms with Gasteiger partial charge in [0.1, 0.15) is 13.2 Å². The van der Waals surface area contributed by atoms with Gasteiger partial charge in [0.05, 0.1) is 20.3 Å². The molecule has 2 amide bonds. The minimum Gasteiger partial charge on any atom is -0.493 e. The topological polar surface area (TPSA) is 83.3 Å². The predicted molar refractivity (Wildman–Crippen MR) is 164 cm³/mol. The molecule has 5 rings (SSSR count). The lowest BCUT2D eigenvalue weighted by Gasteiger charge is -2.35. The summed E-state index contributed by atoms with van der Waals surface area (Å²) in [5, 5.41) is 0. The highest BCUT2D eigenvalue weighted by Gasteiger charge is 2.29. The molecular formula is C35H36N2O5. The van der Waals surface area contributed by atoms with Gasteiger partial charge in [0.15, 0.2) is 23.0 Å². The van der Waals surface area contributed by atoms with Crippen LogP contribution in [0.25, 0.3) is 6.08 Å². The summed E-state index contributed by atoms with van der Waals surface area (Å²) < 4.78 is 23.6. The molecule has 216 valence electrons. The molecule has 0 spiro atoms. The van der Waals surface area contributed by atoms with E-state index in [-0.39, 0.29) is 6.04 Å². The van der Waals surface area contributed by atoms with Gasteiger partial charge in [0.25, 0.3) is 0 Å². The quantitative estimate of drug-likeness (QED) is 0.228. The Morgan fingerprint density at radius 2 is 1.40 bits per heavy atom. The summed E-state index contributed by atoms with van der Waals surface area (Å²) in [4.78, 5) is 14.2. The third-order valence-electron chi connectivity index (χ3n) is 7.47. The van der Waals surface area contributed by atoms with E-state index in [9.17, 15) is 4.79 Å². The van der Waals surface area contributed by atoms with Crippen LogP contribution in [0.1, 0.15) is 39.4 Å². The Morgan fingerprint density at radius 3 is 1.98 bits per heavy atom. The standard InChI is InChI=1S/C35H36N2O5/c1-24-18-31(39-2)33(41-22-25-10-6-4-7-11-25)19-27(24)14-15-30-29-21-32(40-3)34(42-23-26-12-8-5-9-13-26)20-28(29)16-17-37(30)35(36)38/h4-15,18-21,30H,16-17,22-23H2,1-3H3,(H2,36,38). The summed E-state index contributed by atoms with van der Waals surface area (Å²) in [5.74, 6) is 2.58. The number of rotatable bonds is 10. The average molecular weight is 565 g/mol. The first kappa shape index (κ1) is 28.6. The Bertz CT molecular complexity index is 1550. The molecule has 0 aromatic heterocycles. The molecule has 1 aliphatic rings. The Labute approximate surface area is 247 Å². The van der Waals surface area contributed by atoms with Crippen molar-refractivity contribution in [3.63, 3.8) is 0 Å². The zero-order valence-corrected chi connectivity index (χ0v) is 24.2. The number of fused-ring (bicyclic) bond motifs is 1. The van der Waals surface area contributed by atoms with E-state index in [1.54, 1.807) is 19.1 Å². The first-order valence-electron chi connectivity index (χ1n) is 13.9. The van der Waals surface area contributed by atoms with Crippen molar-refractivity contribution >= 4 is 12.1 Å². The van der Waals surface area contributed by atoms with Crippen molar-refractivity contribution in [2.75, 3.05) is 20.8 Å². The summed E-state index contributed by atoms with van der Waals surface area (Å²) >= 11 is 0. The summed E-state index contributed by atoms with van der Waals surface area (Å²) in [7, 11) is 3.25. The highest BCUT2D eigenvalue weighted by molar-refractivity contribution is 5.74. The lowest BCUT2D eigenvalue weighted by Crippen LogP contribution is -2.42. The van der Waals surface area contributed by atoms with E-state index in [1.165, 1.54) is 0 Å². The van der Waals surface area contributed by atoms with Gasteiger partial charge < -0.3 is 29.6 Å². The monoisotopic (exact) mass is 564 g/mol. The van der Waals surface area contributed by atoms with Crippen LogP contribution < -0.4 is 24.7 Å². The van der Waals surface area contributed by atoms with Crippen molar-refractivity contribution in [3.8, 4) is 23.0 Å². The largest absolute Gasteiger partial charge is 0.493 e. The molecule has 0 saturated carbocycles. The van der Waals surface area contributed by atoms with E-state index in [0.29, 0.717) is 49.2 Å². The molecule has 4 aromatic carbocycles. The van der Waals surface area contributed by atoms with E-state index in [4.69, 9.17) is 24.7 Å². The SMILES string of the molecule is COc1cc(C)c(C=CC2c3cc(OC)c(OCc4ccccc4)cc3CCN2C(N)=O)cc1OCc1ccccc1. The van der Waals surface area contributed by atoms with Crippen molar-refractivity contribution in [2.45, 2.75) is 32.6 Å². The molecule has 4 aromatic rings. The smallest absolute Gasteiger partial charge is 0.315 e. The van der Waals surface area contributed by atoms with Crippen LogP contribution in [-0.2, 0) is 19.6 Å². The molecule has 0 bridgehead atoms. The van der Waals surface area contributed by atoms with Crippen LogP contribution >= 0.6 is 0 Å². The number of benzene rings is 4. The Kier molecular flexibility index (Phi) is 8.97. The minimum atomic E-state index is -0.475. The molecular weight excluding hydrogens is 528 g/mol. The van der Waals surface area contributed by atoms with Crippen molar-refractivity contribution in [2.24, 2.45) is 5.73 Å². The number of ether oxygens (including phenoxy) is 4. The third kappa shape index (κ3) is 6.52. The van der Waals surface area contributed by atoms with Crippen LogP contribution in [0.15, 0.2) is 91.0 Å². The molecule has 0 saturated heterocycles. The fourth-order valence-electron chi connectivity index (χ4n) is 5.18. The van der Waals surface area contributed by atoms with Gasteiger partial charge in [-0.2, -0.15) is 0 Å². The molecule has 0 aliphatic carbocycles. The molecule has 0 fully saturated rings. The highest BCUT2D eigenvalue weighted by atomic mass is 16.5. The zero-order chi connectivity index (χ0) is 29.5. The fourth-order valence-corrected chi connectivity index (χ4v) is 5.18. The maximum absolute atomic E-state index is 12.5. The second kappa shape index (κ2) is 13.2. The van der Waals surface area contributed by atoms with Crippen LogP contribution in [0, 0.1) is 6.92 Å². The number of aryl methyl sites for hydroxylation is 1. The summed E-state index contributed by atoms with van der Waals surface area (Å²) in [6, 6.07) is 27.0. The van der Waals surface area contributed by atoms with Crippen LogP contribution in [0.5, 0.6) is 23.0 Å².